The second-order valence-electron chi connectivity index (χ2n) is 3.77. The van der Waals surface area contributed by atoms with Crippen molar-refractivity contribution >= 4 is 45.4 Å². The molecule has 1 rings (SSSR count). The van der Waals surface area contributed by atoms with E-state index in [1.807, 2.05) is 0 Å². The molecular formula is C12H11BrClNO5. The maximum absolute atomic E-state index is 12.0. The first-order valence-electron chi connectivity index (χ1n) is 5.40. The molecule has 1 atom stereocenters. The van der Waals surface area contributed by atoms with Gasteiger partial charge in [0.25, 0.3) is 5.91 Å². The van der Waals surface area contributed by atoms with Gasteiger partial charge < -0.3 is 15.2 Å². The first kappa shape index (κ1) is 16.5. The van der Waals surface area contributed by atoms with Gasteiger partial charge in [0.1, 0.15) is 6.04 Å². The SMILES string of the molecule is COC(=O)C[C@H](NC(=O)c1cc(Br)ccc1Cl)C(=O)O. The largest absolute Gasteiger partial charge is 0.480 e. The number of ether oxygens (including phenoxy) is 1. The van der Waals surface area contributed by atoms with Gasteiger partial charge in [0.05, 0.1) is 24.1 Å². The molecule has 0 heterocycles. The highest BCUT2D eigenvalue weighted by Crippen LogP contribution is 2.21. The van der Waals surface area contributed by atoms with Gasteiger partial charge in [0, 0.05) is 4.47 Å². The summed E-state index contributed by atoms with van der Waals surface area (Å²) in [5, 5.41) is 11.4. The number of hydrogen-bond acceptors (Lipinski definition) is 4. The van der Waals surface area contributed by atoms with Crippen molar-refractivity contribution in [1.82, 2.24) is 5.32 Å². The van der Waals surface area contributed by atoms with Crippen molar-refractivity contribution in [3.63, 3.8) is 0 Å². The Labute approximate surface area is 128 Å². The molecule has 1 aromatic rings. The molecule has 0 unspecified atom stereocenters. The van der Waals surface area contributed by atoms with Crippen molar-refractivity contribution in [1.29, 1.82) is 0 Å². The fourth-order valence-corrected chi connectivity index (χ4v) is 1.92. The summed E-state index contributed by atoms with van der Waals surface area (Å²) in [5.41, 5.74) is 0.108. The van der Waals surface area contributed by atoms with E-state index in [-0.39, 0.29) is 10.6 Å². The number of carbonyl (C=O) groups excluding carboxylic acids is 2. The van der Waals surface area contributed by atoms with E-state index < -0.39 is 30.3 Å². The van der Waals surface area contributed by atoms with E-state index in [1.54, 1.807) is 6.07 Å². The van der Waals surface area contributed by atoms with Crippen LogP contribution in [-0.4, -0.2) is 36.1 Å². The lowest BCUT2D eigenvalue weighted by Gasteiger charge is -2.14. The van der Waals surface area contributed by atoms with Crippen LogP contribution < -0.4 is 5.32 Å². The van der Waals surface area contributed by atoms with Gasteiger partial charge in [-0.2, -0.15) is 0 Å². The molecule has 108 valence electrons. The van der Waals surface area contributed by atoms with Crippen LogP contribution in [0.1, 0.15) is 16.8 Å². The molecule has 0 radical (unpaired) electrons. The number of esters is 1. The van der Waals surface area contributed by atoms with Crippen molar-refractivity contribution in [3.8, 4) is 0 Å². The number of aliphatic carboxylic acids is 1. The number of nitrogens with one attached hydrogen (secondary N) is 1. The van der Waals surface area contributed by atoms with E-state index >= 15 is 0 Å². The van der Waals surface area contributed by atoms with Gasteiger partial charge in [-0.25, -0.2) is 4.79 Å². The first-order valence-corrected chi connectivity index (χ1v) is 6.57. The van der Waals surface area contributed by atoms with Gasteiger partial charge >= 0.3 is 11.9 Å². The number of hydrogen-bond donors (Lipinski definition) is 2. The lowest BCUT2D eigenvalue weighted by Crippen LogP contribution is -2.42. The van der Waals surface area contributed by atoms with E-state index in [9.17, 15) is 14.4 Å². The smallest absolute Gasteiger partial charge is 0.326 e. The van der Waals surface area contributed by atoms with Crippen molar-refractivity contribution in [2.24, 2.45) is 0 Å². The van der Waals surface area contributed by atoms with Gasteiger partial charge in [0.2, 0.25) is 0 Å². The Morgan fingerprint density at radius 2 is 2.10 bits per heavy atom. The third kappa shape index (κ3) is 4.50. The van der Waals surface area contributed by atoms with Crippen LogP contribution >= 0.6 is 27.5 Å². The Morgan fingerprint density at radius 1 is 1.45 bits per heavy atom. The monoisotopic (exact) mass is 363 g/mol. The fraction of sp³-hybridized carbons (Fsp3) is 0.250. The molecule has 0 aliphatic carbocycles. The predicted molar refractivity (Wildman–Crippen MR) is 74.7 cm³/mol. The average molecular weight is 365 g/mol. The van der Waals surface area contributed by atoms with Gasteiger partial charge in [-0.15, -0.1) is 0 Å². The number of halogens is 2. The minimum Gasteiger partial charge on any atom is -0.480 e. The molecule has 1 amide bonds. The molecule has 0 aliphatic rings. The van der Waals surface area contributed by atoms with Crippen LogP contribution in [0, 0.1) is 0 Å². The molecule has 0 bridgehead atoms. The molecule has 1 aromatic carbocycles. The van der Waals surface area contributed by atoms with Crippen LogP contribution in [0.2, 0.25) is 5.02 Å². The summed E-state index contributed by atoms with van der Waals surface area (Å²) in [6.07, 6.45) is -0.469. The zero-order valence-electron chi connectivity index (χ0n) is 10.4. The lowest BCUT2D eigenvalue weighted by molar-refractivity contribution is -0.147. The predicted octanol–water partition coefficient (Wildman–Crippen LogP) is 1.85. The summed E-state index contributed by atoms with van der Waals surface area (Å²) >= 11 is 9.05. The molecule has 0 saturated heterocycles. The zero-order chi connectivity index (χ0) is 15.3. The summed E-state index contributed by atoms with van der Waals surface area (Å²) in [7, 11) is 1.13. The van der Waals surface area contributed by atoms with Gasteiger partial charge in [0.15, 0.2) is 0 Å². The second kappa shape index (κ2) is 7.25. The quantitative estimate of drug-likeness (QED) is 0.778. The number of methoxy groups -OCH3 is 1. The molecular weight excluding hydrogens is 353 g/mol. The average Bonchev–Trinajstić information content (AvgIpc) is 2.40. The molecule has 2 N–H and O–H groups in total. The normalized spacial score (nSPS) is 11.6. The Kier molecular flexibility index (Phi) is 5.97. The van der Waals surface area contributed by atoms with Crippen molar-refractivity contribution < 1.29 is 24.2 Å². The Balaban J connectivity index is 2.88. The van der Waals surface area contributed by atoms with Gasteiger partial charge in [-0.1, -0.05) is 27.5 Å². The van der Waals surface area contributed by atoms with Crippen molar-refractivity contribution in [2.75, 3.05) is 7.11 Å². The highest BCUT2D eigenvalue weighted by Gasteiger charge is 2.25. The number of carboxylic acid groups (broad SMARTS) is 1. The standard InChI is InChI=1S/C12H11BrClNO5/c1-20-10(16)5-9(12(18)19)15-11(17)7-4-6(13)2-3-8(7)14/h2-4,9H,5H2,1H3,(H,15,17)(H,18,19)/t9-/m0/s1. The molecule has 0 aromatic heterocycles. The Hall–Kier alpha value is -1.60. The van der Waals surface area contributed by atoms with Gasteiger partial charge in [-0.05, 0) is 18.2 Å². The second-order valence-corrected chi connectivity index (χ2v) is 5.09. The number of benzene rings is 1. The van der Waals surface area contributed by atoms with Crippen LogP contribution in [-0.2, 0) is 14.3 Å². The molecule has 0 saturated carbocycles. The summed E-state index contributed by atoms with van der Waals surface area (Å²) in [6, 6.07) is 3.21. The lowest BCUT2D eigenvalue weighted by atomic mass is 10.1. The topological polar surface area (TPSA) is 92.7 Å². The Morgan fingerprint density at radius 3 is 2.65 bits per heavy atom. The number of carbonyl (C=O) groups is 3. The third-order valence-electron chi connectivity index (χ3n) is 2.37. The molecule has 0 aliphatic heterocycles. The fourth-order valence-electron chi connectivity index (χ4n) is 1.36. The van der Waals surface area contributed by atoms with Crippen LogP contribution in [0.5, 0.6) is 0 Å². The summed E-state index contributed by atoms with van der Waals surface area (Å²) in [5.74, 6) is -2.76. The highest BCUT2D eigenvalue weighted by atomic mass is 79.9. The molecule has 0 fully saturated rings. The van der Waals surface area contributed by atoms with Crippen LogP contribution in [0.3, 0.4) is 0 Å². The van der Waals surface area contributed by atoms with Gasteiger partial charge in [-0.3, -0.25) is 9.59 Å². The van der Waals surface area contributed by atoms with E-state index in [2.05, 4.69) is 26.0 Å². The molecule has 8 heteroatoms. The van der Waals surface area contributed by atoms with Crippen molar-refractivity contribution in [2.45, 2.75) is 12.5 Å². The maximum Gasteiger partial charge on any atom is 0.326 e. The molecule has 20 heavy (non-hydrogen) atoms. The van der Waals surface area contributed by atoms with Crippen LogP contribution in [0.25, 0.3) is 0 Å². The summed E-state index contributed by atoms with van der Waals surface area (Å²) in [4.78, 5) is 34.1. The number of rotatable bonds is 5. The minimum atomic E-state index is -1.38. The highest BCUT2D eigenvalue weighted by molar-refractivity contribution is 9.10. The maximum atomic E-state index is 12.0. The van der Waals surface area contributed by atoms with Crippen molar-refractivity contribution in [3.05, 3.63) is 33.3 Å². The molecule has 6 nitrogen and oxygen atoms in total. The summed E-state index contributed by atoms with van der Waals surface area (Å²) in [6.45, 7) is 0. The zero-order valence-corrected chi connectivity index (χ0v) is 12.7. The molecule has 0 spiro atoms. The van der Waals surface area contributed by atoms with E-state index in [0.29, 0.717) is 4.47 Å². The van der Waals surface area contributed by atoms with E-state index in [4.69, 9.17) is 16.7 Å². The first-order chi connectivity index (χ1) is 9.35. The number of amides is 1. The Bertz CT molecular complexity index is 549. The third-order valence-corrected chi connectivity index (χ3v) is 3.20. The summed E-state index contributed by atoms with van der Waals surface area (Å²) < 4.78 is 4.99. The minimum absolute atomic E-state index is 0.108. The van der Waals surface area contributed by atoms with Crippen LogP contribution in [0.15, 0.2) is 22.7 Å². The van der Waals surface area contributed by atoms with E-state index in [0.717, 1.165) is 7.11 Å². The van der Waals surface area contributed by atoms with E-state index in [1.165, 1.54) is 12.1 Å². The van der Waals surface area contributed by atoms with Crippen LogP contribution in [0.4, 0.5) is 0 Å². The number of carboxylic acids is 1.